The molecule has 2 aromatic rings. The van der Waals surface area contributed by atoms with Gasteiger partial charge in [-0.25, -0.2) is 8.78 Å². The Labute approximate surface area is 173 Å². The first kappa shape index (κ1) is 21.9. The number of benzene rings is 2. The molecule has 0 unspecified atom stereocenters. The van der Waals surface area contributed by atoms with Crippen molar-refractivity contribution in [1.82, 2.24) is 0 Å². The van der Waals surface area contributed by atoms with Crippen LogP contribution >= 0.6 is 0 Å². The summed E-state index contributed by atoms with van der Waals surface area (Å²) < 4.78 is 60.8. The Morgan fingerprint density at radius 3 is 2.20 bits per heavy atom. The highest BCUT2D eigenvalue weighted by Crippen LogP contribution is 2.39. The first-order valence-corrected chi connectivity index (χ1v) is 10.0. The van der Waals surface area contributed by atoms with Crippen LogP contribution in [0, 0.1) is 28.9 Å². The van der Waals surface area contributed by atoms with Gasteiger partial charge < -0.3 is 4.74 Å². The molecule has 0 amide bonds. The van der Waals surface area contributed by atoms with Crippen LogP contribution in [-0.4, -0.2) is 0 Å². The molecular formula is C24H23F4NO. The van der Waals surface area contributed by atoms with Gasteiger partial charge in [0.05, 0.1) is 5.56 Å². The molecule has 0 saturated heterocycles. The molecule has 6 heteroatoms. The molecule has 0 bridgehead atoms. The lowest BCUT2D eigenvalue weighted by molar-refractivity contribution is -0.185. The molecule has 1 fully saturated rings. The van der Waals surface area contributed by atoms with Crippen molar-refractivity contribution in [3.8, 4) is 11.8 Å². The zero-order valence-electron chi connectivity index (χ0n) is 16.5. The van der Waals surface area contributed by atoms with Crippen LogP contribution in [0.2, 0.25) is 0 Å². The molecule has 0 N–H and O–H groups in total. The van der Waals surface area contributed by atoms with Crippen molar-refractivity contribution in [2.24, 2.45) is 5.92 Å². The number of halogens is 4. The maximum Gasteiger partial charge on any atom is 0.426 e. The zero-order chi connectivity index (χ0) is 21.7. The summed E-state index contributed by atoms with van der Waals surface area (Å²) in [4.78, 5) is 0. The molecule has 0 aromatic heterocycles. The highest BCUT2D eigenvalue weighted by atomic mass is 19.3. The Balaban J connectivity index is 1.67. The van der Waals surface area contributed by atoms with E-state index in [1.165, 1.54) is 18.2 Å². The van der Waals surface area contributed by atoms with E-state index < -0.39 is 34.6 Å². The summed E-state index contributed by atoms with van der Waals surface area (Å²) in [7, 11) is 0. The van der Waals surface area contributed by atoms with Crippen molar-refractivity contribution >= 4 is 0 Å². The molecule has 1 saturated carbocycles. The fourth-order valence-electron chi connectivity index (χ4n) is 4.01. The minimum absolute atomic E-state index is 0.343. The Hall–Kier alpha value is -2.81. The molecule has 0 atom stereocenters. The summed E-state index contributed by atoms with van der Waals surface area (Å²) in [6, 6.07) is 8.40. The van der Waals surface area contributed by atoms with Gasteiger partial charge in [-0.3, -0.25) is 0 Å². The monoisotopic (exact) mass is 417 g/mol. The van der Waals surface area contributed by atoms with E-state index in [9.17, 15) is 17.6 Å². The number of allylic oxidation sites excluding steroid dienone is 1. The van der Waals surface area contributed by atoms with E-state index in [-0.39, 0.29) is 0 Å². The highest BCUT2D eigenvalue weighted by Gasteiger charge is 2.35. The number of nitrogens with zero attached hydrogens (tertiary/aromatic N) is 1. The summed E-state index contributed by atoms with van der Waals surface area (Å²) in [5, 5.41) is 8.66. The van der Waals surface area contributed by atoms with E-state index in [0.29, 0.717) is 24.0 Å². The summed E-state index contributed by atoms with van der Waals surface area (Å²) in [5.74, 6) is -2.14. The molecule has 3 rings (SSSR count). The largest absolute Gasteiger partial charge is 0.429 e. The molecule has 0 aliphatic heterocycles. The van der Waals surface area contributed by atoms with Gasteiger partial charge in [-0.1, -0.05) is 18.2 Å². The van der Waals surface area contributed by atoms with Gasteiger partial charge in [0, 0.05) is 12.1 Å². The lowest BCUT2D eigenvalue weighted by atomic mass is 9.77. The van der Waals surface area contributed by atoms with Crippen LogP contribution in [0.15, 0.2) is 49.1 Å². The van der Waals surface area contributed by atoms with Gasteiger partial charge in [0.2, 0.25) is 0 Å². The van der Waals surface area contributed by atoms with Crippen LogP contribution in [-0.2, 0) is 6.11 Å². The van der Waals surface area contributed by atoms with E-state index in [2.05, 4.69) is 11.3 Å². The van der Waals surface area contributed by atoms with Crippen molar-refractivity contribution in [3.05, 3.63) is 77.4 Å². The summed E-state index contributed by atoms with van der Waals surface area (Å²) in [6.07, 6.45) is 4.63. The van der Waals surface area contributed by atoms with Crippen LogP contribution in [0.4, 0.5) is 17.6 Å². The lowest BCUT2D eigenvalue weighted by Gasteiger charge is -2.29. The third-order valence-corrected chi connectivity index (χ3v) is 5.72. The summed E-state index contributed by atoms with van der Waals surface area (Å²) in [5.41, 5.74) is -0.238. The minimum atomic E-state index is -3.77. The van der Waals surface area contributed by atoms with Crippen LogP contribution in [0.1, 0.15) is 61.1 Å². The van der Waals surface area contributed by atoms with Gasteiger partial charge >= 0.3 is 6.11 Å². The summed E-state index contributed by atoms with van der Waals surface area (Å²) in [6.45, 7) is 3.76. The van der Waals surface area contributed by atoms with Gasteiger partial charge in [-0.2, -0.15) is 14.0 Å². The second kappa shape index (κ2) is 9.34. The van der Waals surface area contributed by atoms with Gasteiger partial charge in [-0.15, -0.1) is 6.58 Å². The van der Waals surface area contributed by atoms with Gasteiger partial charge in [0.15, 0.2) is 0 Å². The topological polar surface area (TPSA) is 33.0 Å². The van der Waals surface area contributed by atoms with Gasteiger partial charge in [0.25, 0.3) is 0 Å². The van der Waals surface area contributed by atoms with E-state index >= 15 is 0 Å². The van der Waals surface area contributed by atoms with Crippen molar-refractivity contribution < 1.29 is 22.3 Å². The maximum atomic E-state index is 14.5. The Morgan fingerprint density at radius 2 is 1.67 bits per heavy atom. The quantitative estimate of drug-likeness (QED) is 0.352. The van der Waals surface area contributed by atoms with E-state index in [4.69, 9.17) is 5.26 Å². The molecule has 2 aromatic carbocycles. The van der Waals surface area contributed by atoms with Crippen molar-refractivity contribution in [3.63, 3.8) is 0 Å². The van der Waals surface area contributed by atoms with E-state index in [0.717, 1.165) is 44.1 Å². The number of rotatable bonds is 7. The third kappa shape index (κ3) is 5.02. The first-order valence-electron chi connectivity index (χ1n) is 10.0. The van der Waals surface area contributed by atoms with Crippen molar-refractivity contribution in [2.75, 3.05) is 0 Å². The predicted octanol–water partition coefficient (Wildman–Crippen LogP) is 7.20. The van der Waals surface area contributed by atoms with E-state index in [1.54, 1.807) is 12.1 Å². The van der Waals surface area contributed by atoms with Crippen molar-refractivity contribution in [1.29, 1.82) is 5.26 Å². The SMILES string of the molecule is C=CCC[C@H]1CC[C@H](c2ccc(C(F)(F)Oc3cc(F)c(C#N)c(F)c3)cc2)CC1. The number of alkyl halides is 2. The minimum Gasteiger partial charge on any atom is -0.429 e. The number of nitriles is 1. The fourth-order valence-corrected chi connectivity index (χ4v) is 4.01. The Morgan fingerprint density at radius 1 is 1.07 bits per heavy atom. The number of hydrogen-bond acceptors (Lipinski definition) is 2. The second-order valence-corrected chi connectivity index (χ2v) is 7.70. The molecule has 0 heterocycles. The fraction of sp³-hybridized carbons (Fsp3) is 0.375. The Bertz CT molecular complexity index is 902. The Kier molecular flexibility index (Phi) is 6.81. The average Bonchev–Trinajstić information content (AvgIpc) is 2.72. The number of ether oxygens (including phenoxy) is 1. The molecule has 1 aliphatic rings. The van der Waals surface area contributed by atoms with Crippen LogP contribution in [0.3, 0.4) is 0 Å². The third-order valence-electron chi connectivity index (χ3n) is 5.72. The zero-order valence-corrected chi connectivity index (χ0v) is 16.5. The normalized spacial score (nSPS) is 19.2. The molecule has 158 valence electrons. The molecular weight excluding hydrogens is 394 g/mol. The lowest BCUT2D eigenvalue weighted by Crippen LogP contribution is -2.22. The average molecular weight is 417 g/mol. The molecule has 0 spiro atoms. The second-order valence-electron chi connectivity index (χ2n) is 7.70. The smallest absolute Gasteiger partial charge is 0.426 e. The predicted molar refractivity (Wildman–Crippen MR) is 106 cm³/mol. The summed E-state index contributed by atoms with van der Waals surface area (Å²) >= 11 is 0. The van der Waals surface area contributed by atoms with Crippen LogP contribution in [0.5, 0.6) is 5.75 Å². The standard InChI is InChI=1S/C24H23F4NO/c1-2-3-4-16-5-7-17(8-6-16)18-9-11-19(12-10-18)24(27,28)30-20-13-22(25)21(15-29)23(26)14-20/h2,9-14,16-17H,1,3-8H2/t16-,17-. The van der Waals surface area contributed by atoms with Crippen molar-refractivity contribution in [2.45, 2.75) is 50.6 Å². The molecule has 2 nitrogen and oxygen atoms in total. The first-order chi connectivity index (χ1) is 14.3. The molecule has 1 aliphatic carbocycles. The van der Waals surface area contributed by atoms with Gasteiger partial charge in [-0.05, 0) is 68.1 Å². The number of hydrogen-bond donors (Lipinski definition) is 0. The van der Waals surface area contributed by atoms with Gasteiger partial charge in [0.1, 0.15) is 29.0 Å². The molecule has 0 radical (unpaired) electrons. The maximum absolute atomic E-state index is 14.5. The highest BCUT2D eigenvalue weighted by molar-refractivity contribution is 5.38. The van der Waals surface area contributed by atoms with Crippen LogP contribution in [0.25, 0.3) is 0 Å². The van der Waals surface area contributed by atoms with E-state index in [1.807, 2.05) is 6.08 Å². The van der Waals surface area contributed by atoms with Crippen LogP contribution < -0.4 is 4.74 Å². The molecule has 30 heavy (non-hydrogen) atoms.